The highest BCUT2D eigenvalue weighted by Crippen LogP contribution is 2.41. The predicted octanol–water partition coefficient (Wildman–Crippen LogP) is 4.02. The van der Waals surface area contributed by atoms with E-state index in [4.69, 9.17) is 17.4 Å². The number of benzene rings is 2. The minimum Gasteiger partial charge on any atom is -0.493 e. The SMILES string of the molecule is NS(=O)(=O)c1ccccc1NC(=S)N=Nc1c(O)[nH]c2c(C(F)(F)F)cccc12. The number of sulfonamides is 1. The summed E-state index contributed by atoms with van der Waals surface area (Å²) in [5, 5.41) is 24.6. The molecule has 0 saturated carbocycles. The molecule has 8 nitrogen and oxygen atoms in total. The van der Waals surface area contributed by atoms with Crippen molar-refractivity contribution in [2.24, 2.45) is 15.4 Å². The number of anilines is 1. The van der Waals surface area contributed by atoms with E-state index in [-0.39, 0.29) is 32.3 Å². The Morgan fingerprint density at radius 1 is 1.17 bits per heavy atom. The molecule has 1 heterocycles. The van der Waals surface area contributed by atoms with Gasteiger partial charge in [0, 0.05) is 5.39 Å². The third kappa shape index (κ3) is 4.36. The number of thiocarbonyl (C=S) groups is 1. The van der Waals surface area contributed by atoms with E-state index in [0.717, 1.165) is 12.1 Å². The van der Waals surface area contributed by atoms with Crippen molar-refractivity contribution in [1.82, 2.24) is 4.98 Å². The Morgan fingerprint density at radius 2 is 1.86 bits per heavy atom. The number of halogens is 3. The van der Waals surface area contributed by atoms with Crippen molar-refractivity contribution in [2.75, 3.05) is 5.32 Å². The van der Waals surface area contributed by atoms with E-state index < -0.39 is 27.6 Å². The summed E-state index contributed by atoms with van der Waals surface area (Å²) in [6, 6.07) is 8.97. The van der Waals surface area contributed by atoms with Crippen LogP contribution in [0.3, 0.4) is 0 Å². The van der Waals surface area contributed by atoms with Crippen molar-refractivity contribution in [3.8, 4) is 5.88 Å². The first-order valence-corrected chi connectivity index (χ1v) is 9.69. The van der Waals surface area contributed by atoms with Gasteiger partial charge in [-0.15, -0.1) is 10.2 Å². The largest absolute Gasteiger partial charge is 0.493 e. The number of aromatic amines is 1. The van der Waals surface area contributed by atoms with E-state index in [0.29, 0.717) is 0 Å². The van der Waals surface area contributed by atoms with Crippen LogP contribution in [0.5, 0.6) is 5.88 Å². The number of nitrogens with zero attached hydrogens (tertiary/aromatic N) is 2. The zero-order valence-electron chi connectivity index (χ0n) is 14.2. The first-order valence-electron chi connectivity index (χ1n) is 7.74. The Balaban J connectivity index is 1.93. The second-order valence-electron chi connectivity index (χ2n) is 5.72. The van der Waals surface area contributed by atoms with Crippen molar-refractivity contribution >= 4 is 49.6 Å². The third-order valence-electron chi connectivity index (χ3n) is 3.77. The molecule has 0 aliphatic carbocycles. The maximum absolute atomic E-state index is 13.1. The molecule has 3 rings (SSSR count). The molecule has 2 aromatic carbocycles. The van der Waals surface area contributed by atoms with Gasteiger partial charge in [0.15, 0.2) is 5.69 Å². The fourth-order valence-corrected chi connectivity index (χ4v) is 3.43. The van der Waals surface area contributed by atoms with E-state index in [2.05, 4.69) is 20.5 Å². The zero-order valence-corrected chi connectivity index (χ0v) is 15.9. The van der Waals surface area contributed by atoms with Gasteiger partial charge in [0.1, 0.15) is 4.90 Å². The van der Waals surface area contributed by atoms with Crippen LogP contribution < -0.4 is 10.5 Å². The fourth-order valence-electron chi connectivity index (χ4n) is 2.58. The topological polar surface area (TPSA) is 133 Å². The van der Waals surface area contributed by atoms with E-state index >= 15 is 0 Å². The molecule has 13 heteroatoms. The summed E-state index contributed by atoms with van der Waals surface area (Å²) in [5.41, 5.74) is -1.55. The molecule has 152 valence electrons. The van der Waals surface area contributed by atoms with Gasteiger partial charge in [0.2, 0.25) is 21.0 Å². The van der Waals surface area contributed by atoms with Gasteiger partial charge in [0.05, 0.1) is 16.8 Å². The van der Waals surface area contributed by atoms with Crippen LogP contribution in [0.15, 0.2) is 57.6 Å². The van der Waals surface area contributed by atoms with E-state index in [1.807, 2.05) is 0 Å². The summed E-state index contributed by atoms with van der Waals surface area (Å²) in [6.07, 6.45) is -4.64. The average Bonchev–Trinajstić information content (AvgIpc) is 2.93. The van der Waals surface area contributed by atoms with Gasteiger partial charge in [-0.05, 0) is 30.4 Å². The van der Waals surface area contributed by atoms with Gasteiger partial charge < -0.3 is 15.4 Å². The van der Waals surface area contributed by atoms with E-state index in [9.17, 15) is 26.7 Å². The number of para-hydroxylation sites is 2. The number of primary sulfonamides is 1. The monoisotopic (exact) mass is 443 g/mol. The van der Waals surface area contributed by atoms with Crippen molar-refractivity contribution in [1.29, 1.82) is 0 Å². The second-order valence-corrected chi connectivity index (χ2v) is 7.64. The van der Waals surface area contributed by atoms with Gasteiger partial charge in [-0.2, -0.15) is 13.2 Å². The van der Waals surface area contributed by atoms with Crippen molar-refractivity contribution < 1.29 is 26.7 Å². The van der Waals surface area contributed by atoms with Gasteiger partial charge in [0.25, 0.3) is 0 Å². The molecule has 1 aromatic heterocycles. The Labute approximate surface area is 167 Å². The number of hydrogen-bond acceptors (Lipinski definition) is 5. The Morgan fingerprint density at radius 3 is 2.52 bits per heavy atom. The lowest BCUT2D eigenvalue weighted by atomic mass is 10.1. The van der Waals surface area contributed by atoms with Crippen LogP contribution in [0.2, 0.25) is 0 Å². The Hall–Kier alpha value is -3.03. The van der Waals surface area contributed by atoms with Crippen LogP contribution in [0.1, 0.15) is 5.56 Å². The number of nitrogens with one attached hydrogen (secondary N) is 2. The molecule has 0 radical (unpaired) electrons. The van der Waals surface area contributed by atoms with Crippen molar-refractivity contribution in [3.05, 3.63) is 48.0 Å². The van der Waals surface area contributed by atoms with Crippen LogP contribution in [-0.4, -0.2) is 23.6 Å². The highest BCUT2D eigenvalue weighted by molar-refractivity contribution is 7.89. The molecule has 0 unspecified atom stereocenters. The average molecular weight is 443 g/mol. The minimum absolute atomic E-state index is 0.0196. The van der Waals surface area contributed by atoms with Crippen LogP contribution in [-0.2, 0) is 16.2 Å². The number of H-pyrrole nitrogens is 1. The van der Waals surface area contributed by atoms with Crippen molar-refractivity contribution in [3.63, 3.8) is 0 Å². The smallest absolute Gasteiger partial charge is 0.418 e. The van der Waals surface area contributed by atoms with Gasteiger partial charge in [-0.25, -0.2) is 13.6 Å². The highest BCUT2D eigenvalue weighted by atomic mass is 32.2. The third-order valence-corrected chi connectivity index (χ3v) is 4.92. The standard InChI is InChI=1S/C16H12F3N5O3S2/c17-16(18,19)9-5-3-4-8-12(9)22-14(25)13(8)23-24-15(28)21-10-6-1-2-7-11(10)29(20,26)27/h1-7,22,25H,(H,21,28)(H2,20,26,27). The molecule has 0 bridgehead atoms. The molecule has 0 saturated heterocycles. The molecule has 0 aliphatic heterocycles. The lowest BCUT2D eigenvalue weighted by Gasteiger charge is -2.08. The summed E-state index contributed by atoms with van der Waals surface area (Å²) in [4.78, 5) is 1.99. The Bertz CT molecular complexity index is 1240. The number of alkyl halides is 3. The van der Waals surface area contributed by atoms with Gasteiger partial charge in [-0.3, -0.25) is 0 Å². The zero-order chi connectivity index (χ0) is 21.4. The molecule has 0 atom stereocenters. The first-order chi connectivity index (χ1) is 13.5. The molecule has 3 aromatic rings. The fraction of sp³-hybridized carbons (Fsp3) is 0.0625. The number of nitrogens with two attached hydrogens (primary N) is 1. The van der Waals surface area contributed by atoms with Crippen LogP contribution in [0.4, 0.5) is 24.5 Å². The normalized spacial score (nSPS) is 12.6. The van der Waals surface area contributed by atoms with Crippen LogP contribution >= 0.6 is 12.2 Å². The van der Waals surface area contributed by atoms with Gasteiger partial charge >= 0.3 is 6.18 Å². The number of aromatic hydroxyl groups is 1. The number of fused-ring (bicyclic) bond motifs is 1. The van der Waals surface area contributed by atoms with Gasteiger partial charge in [-0.1, -0.05) is 24.3 Å². The van der Waals surface area contributed by atoms with E-state index in [1.165, 1.54) is 30.3 Å². The molecule has 29 heavy (non-hydrogen) atoms. The number of hydrogen-bond donors (Lipinski definition) is 4. The molecule has 0 spiro atoms. The number of aromatic nitrogens is 1. The maximum atomic E-state index is 13.1. The molecule has 0 amide bonds. The lowest BCUT2D eigenvalue weighted by Crippen LogP contribution is -2.16. The summed E-state index contributed by atoms with van der Waals surface area (Å²) < 4.78 is 62.5. The summed E-state index contributed by atoms with van der Waals surface area (Å²) >= 11 is 4.96. The molecule has 0 fully saturated rings. The summed E-state index contributed by atoms with van der Waals surface area (Å²) in [7, 11) is -4.04. The second kappa shape index (κ2) is 7.42. The lowest BCUT2D eigenvalue weighted by molar-refractivity contribution is -0.136. The summed E-state index contributed by atoms with van der Waals surface area (Å²) in [5.74, 6) is -0.631. The molecular weight excluding hydrogens is 431 g/mol. The number of rotatable bonds is 3. The molecule has 5 N–H and O–H groups in total. The quantitative estimate of drug-likeness (QED) is 0.358. The molecule has 0 aliphatic rings. The summed E-state index contributed by atoms with van der Waals surface area (Å²) in [6.45, 7) is 0. The van der Waals surface area contributed by atoms with Crippen molar-refractivity contribution in [2.45, 2.75) is 11.1 Å². The predicted molar refractivity (Wildman–Crippen MR) is 104 cm³/mol. The highest BCUT2D eigenvalue weighted by Gasteiger charge is 2.34. The number of azo groups is 1. The Kier molecular flexibility index (Phi) is 5.30. The van der Waals surface area contributed by atoms with Crippen LogP contribution in [0.25, 0.3) is 10.9 Å². The van der Waals surface area contributed by atoms with E-state index in [1.54, 1.807) is 0 Å². The first kappa shape index (κ1) is 20.7. The maximum Gasteiger partial charge on any atom is 0.418 e. The minimum atomic E-state index is -4.64. The van der Waals surface area contributed by atoms with Crippen LogP contribution in [0, 0.1) is 0 Å². The molecular formula is C16H12F3N5O3S2.